The van der Waals surface area contributed by atoms with E-state index in [1.54, 1.807) is 11.3 Å². The minimum Gasteiger partial charge on any atom is -0.340 e. The summed E-state index contributed by atoms with van der Waals surface area (Å²) in [5.41, 5.74) is 2.21. The summed E-state index contributed by atoms with van der Waals surface area (Å²) in [4.78, 5) is 3.24. The van der Waals surface area contributed by atoms with E-state index >= 15 is 0 Å². The van der Waals surface area contributed by atoms with E-state index in [1.807, 2.05) is 30.3 Å². The van der Waals surface area contributed by atoms with Gasteiger partial charge in [-0.1, -0.05) is 35.4 Å². The lowest BCUT2D eigenvalue weighted by Gasteiger charge is -2.24. The first kappa shape index (κ1) is 16.0. The molecule has 0 aliphatic rings. The van der Waals surface area contributed by atoms with Gasteiger partial charge in [0.2, 0.25) is 0 Å². The summed E-state index contributed by atoms with van der Waals surface area (Å²) in [6.45, 7) is 7.27. The third-order valence-electron chi connectivity index (χ3n) is 2.92. The van der Waals surface area contributed by atoms with Crippen molar-refractivity contribution in [3.63, 3.8) is 0 Å². The summed E-state index contributed by atoms with van der Waals surface area (Å²) in [6, 6.07) is 12.1. The zero-order valence-electron chi connectivity index (χ0n) is 11.8. The van der Waals surface area contributed by atoms with E-state index in [9.17, 15) is 0 Å². The average molecular weight is 337 g/mol. The summed E-state index contributed by atoms with van der Waals surface area (Å²) in [6.07, 6.45) is 1.85. The van der Waals surface area contributed by atoms with Crippen molar-refractivity contribution in [3.05, 3.63) is 63.8 Å². The topological polar surface area (TPSA) is 15.3 Å². The Morgan fingerprint density at radius 1 is 1.33 bits per heavy atom. The molecule has 0 saturated carbocycles. The largest absolute Gasteiger partial charge is 0.340 e. The van der Waals surface area contributed by atoms with Crippen LogP contribution in [0.3, 0.4) is 0 Å². The van der Waals surface area contributed by atoms with Crippen LogP contribution in [-0.2, 0) is 6.54 Å². The smallest absolute Gasteiger partial charge is 0.174 e. The van der Waals surface area contributed by atoms with Crippen molar-refractivity contribution >= 4 is 46.0 Å². The second-order valence-corrected chi connectivity index (χ2v) is 6.86. The van der Waals surface area contributed by atoms with E-state index in [-0.39, 0.29) is 0 Å². The number of halogens is 1. The summed E-state index contributed by atoms with van der Waals surface area (Å²) >= 11 is 13.0. The molecule has 2 rings (SSSR count). The van der Waals surface area contributed by atoms with Gasteiger partial charge in [0.05, 0.1) is 10.9 Å². The lowest BCUT2D eigenvalue weighted by Crippen LogP contribution is -2.34. The second kappa shape index (κ2) is 7.59. The summed E-state index contributed by atoms with van der Waals surface area (Å²) in [7, 11) is 0. The molecule has 0 saturated heterocycles. The highest BCUT2D eigenvalue weighted by molar-refractivity contribution is 7.80. The highest BCUT2D eigenvalue weighted by Gasteiger charge is 2.10. The van der Waals surface area contributed by atoms with Crippen molar-refractivity contribution in [2.24, 2.45) is 0 Å². The van der Waals surface area contributed by atoms with Gasteiger partial charge in [-0.05, 0) is 43.4 Å². The Hall–Kier alpha value is -1.36. The predicted octanol–water partition coefficient (Wildman–Crippen LogP) is 5.09. The molecule has 0 aliphatic heterocycles. The minimum absolute atomic E-state index is 0.684. The van der Waals surface area contributed by atoms with Crippen molar-refractivity contribution in [2.45, 2.75) is 13.5 Å². The molecular weight excluding hydrogens is 320 g/mol. The first-order valence-corrected chi connectivity index (χ1v) is 8.16. The third kappa shape index (κ3) is 4.84. The fourth-order valence-corrected chi connectivity index (χ4v) is 3.20. The second-order valence-electron chi connectivity index (χ2n) is 4.67. The Balaban J connectivity index is 2.04. The molecule has 1 N–H and O–H groups in total. The van der Waals surface area contributed by atoms with E-state index < -0.39 is 0 Å². The molecule has 21 heavy (non-hydrogen) atoms. The quantitative estimate of drug-likeness (QED) is 0.604. The molecule has 2 nitrogen and oxygen atoms in total. The fourth-order valence-electron chi connectivity index (χ4n) is 1.84. The molecule has 0 radical (unpaired) electrons. The lowest BCUT2D eigenvalue weighted by atomic mass is 10.2. The van der Waals surface area contributed by atoms with Crippen LogP contribution in [0.4, 0.5) is 5.69 Å². The van der Waals surface area contributed by atoms with Crippen molar-refractivity contribution in [3.8, 4) is 0 Å². The van der Waals surface area contributed by atoms with Gasteiger partial charge in [-0.25, -0.2) is 0 Å². The first-order valence-electron chi connectivity index (χ1n) is 6.56. The maximum atomic E-state index is 5.98. The molecule has 110 valence electrons. The van der Waals surface area contributed by atoms with Gasteiger partial charge in [-0.15, -0.1) is 17.9 Å². The summed E-state index contributed by atoms with van der Waals surface area (Å²) in [5.74, 6) is 0. The van der Waals surface area contributed by atoms with Crippen molar-refractivity contribution in [1.82, 2.24) is 4.90 Å². The Bertz CT molecular complexity index is 619. The monoisotopic (exact) mass is 336 g/mol. The van der Waals surface area contributed by atoms with E-state index in [0.29, 0.717) is 11.7 Å². The van der Waals surface area contributed by atoms with Crippen molar-refractivity contribution in [2.75, 3.05) is 11.9 Å². The first-order chi connectivity index (χ1) is 10.1. The zero-order chi connectivity index (χ0) is 15.2. The molecule has 2 aromatic rings. The molecule has 1 heterocycles. The van der Waals surface area contributed by atoms with Crippen molar-refractivity contribution in [1.29, 1.82) is 0 Å². The molecular formula is C16H17ClN2S2. The predicted molar refractivity (Wildman–Crippen MR) is 97.3 cm³/mol. The zero-order valence-corrected chi connectivity index (χ0v) is 14.2. The Kier molecular flexibility index (Phi) is 5.79. The number of hydrogen-bond acceptors (Lipinski definition) is 2. The molecule has 0 atom stereocenters. The Morgan fingerprint density at radius 2 is 2.05 bits per heavy atom. The van der Waals surface area contributed by atoms with Gasteiger partial charge < -0.3 is 10.2 Å². The van der Waals surface area contributed by atoms with Crippen LogP contribution in [0.15, 0.2) is 49.1 Å². The van der Waals surface area contributed by atoms with Crippen LogP contribution in [0, 0.1) is 6.92 Å². The van der Waals surface area contributed by atoms with E-state index in [2.05, 4.69) is 35.9 Å². The molecule has 0 bridgehead atoms. The fraction of sp³-hybridized carbons (Fsp3) is 0.188. The van der Waals surface area contributed by atoms with E-state index in [1.165, 1.54) is 10.4 Å². The van der Waals surface area contributed by atoms with Crippen LogP contribution in [0.25, 0.3) is 0 Å². The highest BCUT2D eigenvalue weighted by atomic mass is 35.5. The van der Waals surface area contributed by atoms with Crippen LogP contribution in [0.5, 0.6) is 0 Å². The van der Waals surface area contributed by atoms with Gasteiger partial charge in [-0.3, -0.25) is 0 Å². The van der Waals surface area contributed by atoms with Crippen LogP contribution in [-0.4, -0.2) is 16.6 Å². The molecule has 1 aromatic heterocycles. The Labute approximate surface area is 140 Å². The van der Waals surface area contributed by atoms with Crippen molar-refractivity contribution < 1.29 is 0 Å². The molecule has 0 amide bonds. The molecule has 0 aliphatic carbocycles. The third-order valence-corrected chi connectivity index (χ3v) is 4.49. The van der Waals surface area contributed by atoms with E-state index in [0.717, 1.165) is 16.6 Å². The normalized spacial score (nSPS) is 10.2. The standard InChI is InChI=1S/C16H17ClN2S2/c1-3-10-19(11-14-8-9-15(17)21-14)16(20)18-13-6-4-12(2)5-7-13/h3-9H,1,10-11H2,2H3,(H,18,20). The van der Waals surface area contributed by atoms with Crippen LogP contribution in [0.1, 0.15) is 10.4 Å². The number of aryl methyl sites for hydroxylation is 1. The SMILES string of the molecule is C=CCN(Cc1ccc(Cl)s1)C(=S)Nc1ccc(C)cc1. The number of nitrogens with one attached hydrogen (secondary N) is 1. The van der Waals surface area contributed by atoms with Gasteiger partial charge in [0.15, 0.2) is 5.11 Å². The summed E-state index contributed by atoms with van der Waals surface area (Å²) < 4.78 is 0.793. The number of anilines is 1. The Morgan fingerprint density at radius 3 is 2.62 bits per heavy atom. The van der Waals surface area contributed by atoms with Gasteiger partial charge in [-0.2, -0.15) is 0 Å². The molecule has 0 fully saturated rings. The number of nitrogens with zero attached hydrogens (tertiary/aromatic N) is 1. The maximum absolute atomic E-state index is 5.98. The van der Waals surface area contributed by atoms with Crippen LogP contribution >= 0.6 is 35.2 Å². The van der Waals surface area contributed by atoms with E-state index in [4.69, 9.17) is 23.8 Å². The molecule has 5 heteroatoms. The van der Waals surface area contributed by atoms with Gasteiger partial charge >= 0.3 is 0 Å². The molecule has 1 aromatic carbocycles. The minimum atomic E-state index is 0.684. The van der Waals surface area contributed by atoms with Crippen LogP contribution < -0.4 is 5.32 Å². The van der Waals surface area contributed by atoms with Gasteiger partial charge in [0.25, 0.3) is 0 Å². The van der Waals surface area contributed by atoms with Gasteiger partial charge in [0, 0.05) is 17.1 Å². The highest BCUT2D eigenvalue weighted by Crippen LogP contribution is 2.23. The van der Waals surface area contributed by atoms with Gasteiger partial charge in [0.1, 0.15) is 0 Å². The molecule has 0 unspecified atom stereocenters. The number of thiocarbonyl (C=S) groups is 1. The van der Waals surface area contributed by atoms with Crippen LogP contribution in [0.2, 0.25) is 4.34 Å². The number of thiophene rings is 1. The number of rotatable bonds is 5. The maximum Gasteiger partial charge on any atom is 0.174 e. The number of hydrogen-bond donors (Lipinski definition) is 1. The average Bonchev–Trinajstić information content (AvgIpc) is 2.86. The lowest BCUT2D eigenvalue weighted by molar-refractivity contribution is 0.468. The molecule has 0 spiro atoms. The summed E-state index contributed by atoms with van der Waals surface area (Å²) in [5, 5.41) is 3.95. The number of benzene rings is 1.